The fourth-order valence-electron chi connectivity index (χ4n) is 3.31. The van der Waals surface area contributed by atoms with Gasteiger partial charge in [-0.05, 0) is 54.1 Å². The maximum absolute atomic E-state index is 13.5. The minimum absolute atomic E-state index is 0.0423. The van der Waals surface area contributed by atoms with E-state index in [1.165, 1.54) is 28.9 Å². The largest absolute Gasteiger partial charge is 0.382 e. The monoisotopic (exact) mass is 462 g/mol. The molecule has 3 aromatic heterocycles. The SMILES string of the molecule is Nc1c(S(=O)(=O)c2ccc(Cl)cc2)c2nc3ccccc3nc2n1/N=C/c1ccncc1. The molecule has 10 heteroatoms. The van der Waals surface area contributed by atoms with Crippen molar-refractivity contribution in [2.45, 2.75) is 9.79 Å². The molecule has 0 bridgehead atoms. The zero-order valence-electron chi connectivity index (χ0n) is 16.4. The molecular formula is C22H15ClN6O2S. The third-order valence-electron chi connectivity index (χ3n) is 4.85. The van der Waals surface area contributed by atoms with Crippen molar-refractivity contribution in [3.8, 4) is 0 Å². The van der Waals surface area contributed by atoms with Crippen molar-refractivity contribution >= 4 is 55.7 Å². The van der Waals surface area contributed by atoms with Gasteiger partial charge in [0.2, 0.25) is 9.84 Å². The van der Waals surface area contributed by atoms with E-state index in [-0.39, 0.29) is 26.8 Å². The Balaban J connectivity index is 1.81. The molecule has 158 valence electrons. The first kappa shape index (κ1) is 20.1. The highest BCUT2D eigenvalue weighted by Crippen LogP contribution is 2.35. The maximum Gasteiger partial charge on any atom is 0.212 e. The number of hydrogen-bond acceptors (Lipinski definition) is 7. The molecule has 0 aliphatic carbocycles. The van der Waals surface area contributed by atoms with Crippen LogP contribution in [0.2, 0.25) is 5.02 Å². The Morgan fingerprint density at radius 3 is 2.28 bits per heavy atom. The molecule has 0 aliphatic rings. The number of pyridine rings is 1. The van der Waals surface area contributed by atoms with Gasteiger partial charge in [0.15, 0.2) is 5.65 Å². The molecule has 5 aromatic rings. The van der Waals surface area contributed by atoms with Crippen LogP contribution in [0.1, 0.15) is 5.56 Å². The van der Waals surface area contributed by atoms with Gasteiger partial charge in [-0.3, -0.25) is 4.98 Å². The first-order chi connectivity index (χ1) is 15.4. The van der Waals surface area contributed by atoms with E-state index in [1.54, 1.807) is 48.9 Å². The van der Waals surface area contributed by atoms with Crippen LogP contribution >= 0.6 is 11.6 Å². The molecule has 2 N–H and O–H groups in total. The Kier molecular flexibility index (Phi) is 4.84. The Morgan fingerprint density at radius 1 is 0.938 bits per heavy atom. The summed E-state index contributed by atoms with van der Waals surface area (Å²) >= 11 is 5.93. The molecule has 3 heterocycles. The van der Waals surface area contributed by atoms with Gasteiger partial charge in [0.25, 0.3) is 0 Å². The summed E-state index contributed by atoms with van der Waals surface area (Å²) in [6.07, 6.45) is 4.80. The number of para-hydroxylation sites is 2. The number of anilines is 1. The Morgan fingerprint density at radius 2 is 1.59 bits per heavy atom. The number of benzene rings is 2. The molecular weight excluding hydrogens is 448 g/mol. The molecule has 0 amide bonds. The number of nitrogens with two attached hydrogens (primary N) is 1. The van der Waals surface area contributed by atoms with Crippen molar-refractivity contribution in [1.29, 1.82) is 0 Å². The van der Waals surface area contributed by atoms with Gasteiger partial charge >= 0.3 is 0 Å². The topological polar surface area (TPSA) is 116 Å². The molecule has 0 aliphatic heterocycles. The lowest BCUT2D eigenvalue weighted by atomic mass is 10.3. The van der Waals surface area contributed by atoms with Gasteiger partial charge < -0.3 is 5.73 Å². The van der Waals surface area contributed by atoms with Crippen LogP contribution in [-0.4, -0.2) is 34.3 Å². The smallest absolute Gasteiger partial charge is 0.212 e. The van der Waals surface area contributed by atoms with E-state index in [4.69, 9.17) is 17.3 Å². The van der Waals surface area contributed by atoms with Gasteiger partial charge in [-0.1, -0.05) is 23.7 Å². The number of halogens is 1. The van der Waals surface area contributed by atoms with Crippen LogP contribution in [0.25, 0.3) is 22.2 Å². The number of hydrogen-bond donors (Lipinski definition) is 1. The van der Waals surface area contributed by atoms with Crippen molar-refractivity contribution in [3.05, 3.63) is 83.6 Å². The summed E-state index contributed by atoms with van der Waals surface area (Å²) in [5, 5.41) is 4.83. The van der Waals surface area contributed by atoms with E-state index in [2.05, 4.69) is 20.1 Å². The summed E-state index contributed by atoms with van der Waals surface area (Å²) in [5.41, 5.74) is 8.62. The molecule has 0 saturated carbocycles. The van der Waals surface area contributed by atoms with Crippen LogP contribution in [0.15, 0.2) is 87.9 Å². The lowest BCUT2D eigenvalue weighted by molar-refractivity contribution is 0.597. The van der Waals surface area contributed by atoms with Crippen molar-refractivity contribution in [3.63, 3.8) is 0 Å². The first-order valence-corrected chi connectivity index (χ1v) is 11.3. The summed E-state index contributed by atoms with van der Waals surface area (Å²) in [7, 11) is -4.03. The van der Waals surface area contributed by atoms with Gasteiger partial charge in [-0.15, -0.1) is 0 Å². The quantitative estimate of drug-likeness (QED) is 0.404. The summed E-state index contributed by atoms with van der Waals surface area (Å²) in [6.45, 7) is 0. The summed E-state index contributed by atoms with van der Waals surface area (Å²) in [4.78, 5) is 13.0. The molecule has 0 unspecified atom stereocenters. The fourth-order valence-corrected chi connectivity index (χ4v) is 4.92. The van der Waals surface area contributed by atoms with Gasteiger partial charge in [-0.2, -0.15) is 9.78 Å². The third-order valence-corrected chi connectivity index (χ3v) is 6.93. The summed E-state index contributed by atoms with van der Waals surface area (Å²) < 4.78 is 28.4. The minimum Gasteiger partial charge on any atom is -0.382 e. The van der Waals surface area contributed by atoms with Gasteiger partial charge in [-0.25, -0.2) is 18.4 Å². The molecule has 5 rings (SSSR count). The average Bonchev–Trinajstić information content (AvgIpc) is 3.07. The molecule has 8 nitrogen and oxygen atoms in total. The highest BCUT2D eigenvalue weighted by Gasteiger charge is 2.30. The number of nitrogen functional groups attached to an aromatic ring is 1. The zero-order chi connectivity index (χ0) is 22.3. The third kappa shape index (κ3) is 3.37. The normalized spacial score (nSPS) is 12.2. The summed E-state index contributed by atoms with van der Waals surface area (Å²) in [6, 6.07) is 16.6. The first-order valence-electron chi connectivity index (χ1n) is 9.47. The molecule has 2 aromatic carbocycles. The minimum atomic E-state index is -4.03. The molecule has 32 heavy (non-hydrogen) atoms. The second kappa shape index (κ2) is 7.70. The van der Waals surface area contributed by atoms with E-state index in [0.717, 1.165) is 5.56 Å². The molecule has 0 saturated heterocycles. The highest BCUT2D eigenvalue weighted by molar-refractivity contribution is 7.92. The predicted molar refractivity (Wildman–Crippen MR) is 124 cm³/mol. The molecule has 0 spiro atoms. The second-order valence-electron chi connectivity index (χ2n) is 6.89. The zero-order valence-corrected chi connectivity index (χ0v) is 18.0. The van der Waals surface area contributed by atoms with Crippen molar-refractivity contribution in [2.75, 3.05) is 5.73 Å². The van der Waals surface area contributed by atoms with E-state index < -0.39 is 9.84 Å². The molecule has 0 radical (unpaired) electrons. The van der Waals surface area contributed by atoms with E-state index in [1.807, 2.05) is 6.07 Å². The van der Waals surface area contributed by atoms with E-state index in [9.17, 15) is 8.42 Å². The lowest BCUT2D eigenvalue weighted by Gasteiger charge is -2.05. The van der Waals surface area contributed by atoms with Gasteiger partial charge in [0.05, 0.1) is 22.1 Å². The number of fused-ring (bicyclic) bond motifs is 2. The van der Waals surface area contributed by atoms with Gasteiger partial charge in [0.1, 0.15) is 16.2 Å². The second-order valence-corrected chi connectivity index (χ2v) is 9.22. The van der Waals surface area contributed by atoms with Crippen LogP contribution < -0.4 is 5.73 Å². The van der Waals surface area contributed by atoms with E-state index in [0.29, 0.717) is 16.1 Å². The average molecular weight is 463 g/mol. The Bertz CT molecular complexity index is 1600. The fraction of sp³-hybridized carbons (Fsp3) is 0. The maximum atomic E-state index is 13.5. The number of rotatable bonds is 4. The number of nitrogens with zero attached hydrogens (tertiary/aromatic N) is 5. The molecule has 0 atom stereocenters. The summed E-state index contributed by atoms with van der Waals surface area (Å²) in [5.74, 6) is -0.0874. The predicted octanol–water partition coefficient (Wildman–Crippen LogP) is 3.93. The number of sulfone groups is 1. The van der Waals surface area contributed by atoms with E-state index >= 15 is 0 Å². The van der Waals surface area contributed by atoms with Gasteiger partial charge in [0, 0.05) is 17.4 Å². The van der Waals surface area contributed by atoms with Crippen LogP contribution in [-0.2, 0) is 9.84 Å². The molecule has 0 fully saturated rings. The van der Waals surface area contributed by atoms with Crippen LogP contribution in [0, 0.1) is 0 Å². The lowest BCUT2D eigenvalue weighted by Crippen LogP contribution is -2.06. The van der Waals surface area contributed by atoms with Crippen molar-refractivity contribution in [1.82, 2.24) is 19.6 Å². The van der Waals surface area contributed by atoms with Crippen LogP contribution in [0.4, 0.5) is 5.82 Å². The van der Waals surface area contributed by atoms with Crippen molar-refractivity contribution < 1.29 is 8.42 Å². The van der Waals surface area contributed by atoms with Crippen molar-refractivity contribution in [2.24, 2.45) is 5.10 Å². The highest BCUT2D eigenvalue weighted by atomic mass is 35.5. The standard InChI is InChI=1S/C22H15ClN6O2S/c23-15-5-7-16(8-6-15)32(30,31)20-19-22(28-18-4-2-1-3-17(18)27-19)29(21(20)24)26-13-14-9-11-25-12-10-14/h1-13H,24H2/b26-13+. The number of aromatic nitrogens is 4. The Hall–Kier alpha value is -3.82. The van der Waals surface area contributed by atoms with Crippen LogP contribution in [0.3, 0.4) is 0 Å². The Labute approximate surface area is 187 Å². The van der Waals surface area contributed by atoms with Crippen LogP contribution in [0.5, 0.6) is 0 Å².